The van der Waals surface area contributed by atoms with Crippen molar-refractivity contribution in [3.05, 3.63) is 70.8 Å². The number of carbonyl (C=O) groups excluding carboxylic acids is 1. The summed E-state index contributed by atoms with van der Waals surface area (Å²) in [6, 6.07) is 14.4. The number of aliphatic hydroxyl groups is 2. The zero-order chi connectivity index (χ0) is 24.7. The Morgan fingerprint density at radius 2 is 1.53 bits per heavy atom. The van der Waals surface area contributed by atoms with Crippen molar-refractivity contribution in [3.63, 3.8) is 0 Å². The van der Waals surface area contributed by atoms with Crippen LogP contribution in [-0.4, -0.2) is 66.7 Å². The molecule has 2 atom stereocenters. The molecule has 1 aliphatic heterocycles. The van der Waals surface area contributed by atoms with Crippen molar-refractivity contribution < 1.29 is 23.4 Å². The molecule has 8 heteroatoms. The van der Waals surface area contributed by atoms with Gasteiger partial charge in [0.1, 0.15) is 15.9 Å². The Labute approximate surface area is 201 Å². The predicted molar refractivity (Wildman–Crippen MR) is 131 cm³/mol. The summed E-state index contributed by atoms with van der Waals surface area (Å²) < 4.78 is 22.7. The van der Waals surface area contributed by atoms with Crippen molar-refractivity contribution in [2.24, 2.45) is 11.7 Å². The second-order valence-corrected chi connectivity index (χ2v) is 11.1. The molecule has 4 N–H and O–H groups in total. The van der Waals surface area contributed by atoms with E-state index in [2.05, 4.69) is 24.0 Å². The molecule has 0 bridgehead atoms. The minimum atomic E-state index is -3.42. The van der Waals surface area contributed by atoms with E-state index in [0.717, 1.165) is 42.2 Å². The zero-order valence-corrected chi connectivity index (χ0v) is 20.2. The molecule has 1 aliphatic rings. The topological polar surface area (TPSA) is 121 Å². The van der Waals surface area contributed by atoms with Crippen molar-refractivity contribution in [2.45, 2.75) is 38.0 Å². The van der Waals surface area contributed by atoms with Crippen LogP contribution in [0, 0.1) is 17.8 Å². The maximum absolute atomic E-state index is 12.5. The summed E-state index contributed by atoms with van der Waals surface area (Å²) in [5, 5.41) is 19.1. The van der Waals surface area contributed by atoms with E-state index < -0.39 is 33.6 Å². The van der Waals surface area contributed by atoms with Crippen molar-refractivity contribution in [2.75, 3.05) is 25.1 Å². The highest BCUT2D eigenvalue weighted by atomic mass is 32.2. The first-order chi connectivity index (χ1) is 16.1. The van der Waals surface area contributed by atoms with Gasteiger partial charge >= 0.3 is 0 Å². The summed E-state index contributed by atoms with van der Waals surface area (Å²) in [7, 11) is -3.42. The van der Waals surface area contributed by atoms with E-state index in [1.54, 1.807) is 4.90 Å². The van der Waals surface area contributed by atoms with Gasteiger partial charge in [-0.1, -0.05) is 36.1 Å². The van der Waals surface area contributed by atoms with Gasteiger partial charge in [-0.25, -0.2) is 8.42 Å². The molecule has 1 amide bonds. The molecule has 34 heavy (non-hydrogen) atoms. The van der Waals surface area contributed by atoms with Gasteiger partial charge in [0.05, 0.1) is 18.5 Å². The van der Waals surface area contributed by atoms with Crippen LogP contribution in [0.25, 0.3) is 0 Å². The number of piperidine rings is 1. The van der Waals surface area contributed by atoms with Gasteiger partial charge in [-0.15, -0.1) is 0 Å². The average Bonchev–Trinajstić information content (AvgIpc) is 2.82. The molecule has 0 radical (unpaired) electrons. The van der Waals surface area contributed by atoms with E-state index in [1.807, 2.05) is 36.4 Å². The van der Waals surface area contributed by atoms with Gasteiger partial charge in [-0.2, -0.15) is 0 Å². The third-order valence-corrected chi connectivity index (χ3v) is 7.01. The van der Waals surface area contributed by atoms with Crippen LogP contribution in [0.2, 0.25) is 0 Å². The van der Waals surface area contributed by atoms with Crippen LogP contribution >= 0.6 is 0 Å². The molecule has 0 aliphatic carbocycles. The number of aliphatic hydroxyl groups excluding tert-OH is 2. The fourth-order valence-electron chi connectivity index (χ4n) is 4.04. The van der Waals surface area contributed by atoms with Gasteiger partial charge in [0.15, 0.2) is 0 Å². The summed E-state index contributed by atoms with van der Waals surface area (Å²) in [5.41, 5.74) is 9.71. The maximum Gasteiger partial charge on any atom is 0.242 e. The number of likely N-dealkylation sites (tertiary alicyclic amines) is 1. The van der Waals surface area contributed by atoms with Crippen LogP contribution in [0.1, 0.15) is 35.1 Å². The molecular weight excluding hydrogens is 452 g/mol. The number of rotatable bonds is 7. The summed E-state index contributed by atoms with van der Waals surface area (Å²) in [5.74, 6) is 5.79. The Balaban J connectivity index is 1.48. The number of nitrogens with two attached hydrogens (primary N) is 1. The van der Waals surface area contributed by atoms with Gasteiger partial charge in [-0.3, -0.25) is 4.79 Å². The fraction of sp³-hybridized carbons (Fsp3) is 0.423. The van der Waals surface area contributed by atoms with Crippen LogP contribution in [0.4, 0.5) is 0 Å². The molecule has 0 saturated carbocycles. The van der Waals surface area contributed by atoms with Gasteiger partial charge in [-0.05, 0) is 60.6 Å². The lowest BCUT2D eigenvalue weighted by Crippen LogP contribution is -2.53. The molecule has 1 heterocycles. The largest absolute Gasteiger partial charge is 0.392 e. The molecular formula is C26H32N2O5S. The lowest BCUT2D eigenvalue weighted by Gasteiger charge is -2.34. The monoisotopic (exact) mass is 484 g/mol. The first kappa shape index (κ1) is 25.9. The number of nitrogens with zero attached hydrogens (tertiary/aromatic N) is 1. The lowest BCUT2D eigenvalue weighted by molar-refractivity contribution is -0.136. The van der Waals surface area contributed by atoms with Gasteiger partial charge in [0, 0.05) is 30.5 Å². The zero-order valence-electron chi connectivity index (χ0n) is 19.4. The Hall–Kier alpha value is -2.70. The maximum atomic E-state index is 12.5. The van der Waals surface area contributed by atoms with Crippen LogP contribution in [0.5, 0.6) is 0 Å². The van der Waals surface area contributed by atoms with E-state index in [4.69, 9.17) is 10.8 Å². The number of benzene rings is 2. The minimum absolute atomic E-state index is 0.0204. The SMILES string of the molecule is CS(=O)(=O)CC(O)C(N)C(=O)N1CCC(Cc2ccc(C#Cc3ccc(CO)cc3)cc2)CC1. The highest BCUT2D eigenvalue weighted by Crippen LogP contribution is 2.22. The lowest BCUT2D eigenvalue weighted by atomic mass is 9.89. The first-order valence-electron chi connectivity index (χ1n) is 11.4. The molecule has 2 unspecified atom stereocenters. The smallest absolute Gasteiger partial charge is 0.242 e. The third kappa shape index (κ3) is 7.67. The van der Waals surface area contributed by atoms with E-state index in [9.17, 15) is 18.3 Å². The van der Waals surface area contributed by atoms with E-state index >= 15 is 0 Å². The molecule has 1 saturated heterocycles. The fourth-order valence-corrected chi connectivity index (χ4v) is 4.87. The number of carbonyl (C=O) groups is 1. The van der Waals surface area contributed by atoms with Crippen LogP contribution in [-0.2, 0) is 27.7 Å². The summed E-state index contributed by atoms with van der Waals surface area (Å²) >= 11 is 0. The van der Waals surface area contributed by atoms with Gasteiger partial charge in [0.2, 0.25) is 5.91 Å². The summed E-state index contributed by atoms with van der Waals surface area (Å²) in [6.07, 6.45) is 2.16. The Morgan fingerprint density at radius 1 is 1.03 bits per heavy atom. The minimum Gasteiger partial charge on any atom is -0.392 e. The predicted octanol–water partition coefficient (Wildman–Crippen LogP) is 1.09. The number of sulfone groups is 1. The first-order valence-corrected chi connectivity index (χ1v) is 13.4. The van der Waals surface area contributed by atoms with Crippen molar-refractivity contribution in [1.82, 2.24) is 4.90 Å². The molecule has 0 spiro atoms. The van der Waals surface area contributed by atoms with Crippen molar-refractivity contribution in [3.8, 4) is 11.8 Å². The Morgan fingerprint density at radius 3 is 2.00 bits per heavy atom. The molecule has 2 aromatic carbocycles. The van der Waals surface area contributed by atoms with Crippen LogP contribution < -0.4 is 5.73 Å². The van der Waals surface area contributed by atoms with Crippen molar-refractivity contribution in [1.29, 1.82) is 0 Å². The number of amides is 1. The normalized spacial score (nSPS) is 16.4. The van der Waals surface area contributed by atoms with E-state index in [-0.39, 0.29) is 6.61 Å². The average molecular weight is 485 g/mol. The van der Waals surface area contributed by atoms with E-state index in [1.165, 1.54) is 5.56 Å². The number of hydrogen-bond acceptors (Lipinski definition) is 6. The Kier molecular flexibility index (Phi) is 8.86. The molecule has 7 nitrogen and oxygen atoms in total. The van der Waals surface area contributed by atoms with Gasteiger partial charge < -0.3 is 20.8 Å². The molecule has 1 fully saturated rings. The van der Waals surface area contributed by atoms with Gasteiger partial charge in [0.25, 0.3) is 0 Å². The standard InChI is InChI=1S/C26H32N2O5S/c1-34(32,33)18-24(30)25(27)26(31)28-14-12-22(13-15-28)16-21-8-4-19(5-9-21)2-3-20-6-10-23(17-29)11-7-20/h4-11,22,24-25,29-30H,12-18,27H2,1H3. The number of hydrogen-bond donors (Lipinski definition) is 3. The summed E-state index contributed by atoms with van der Waals surface area (Å²) in [4.78, 5) is 14.2. The van der Waals surface area contributed by atoms with Crippen LogP contribution in [0.3, 0.4) is 0 Å². The van der Waals surface area contributed by atoms with Crippen LogP contribution in [0.15, 0.2) is 48.5 Å². The quantitative estimate of drug-likeness (QED) is 0.506. The summed E-state index contributed by atoms with van der Waals surface area (Å²) in [6.45, 7) is 1.11. The third-order valence-electron chi connectivity index (χ3n) is 6.07. The van der Waals surface area contributed by atoms with Crippen molar-refractivity contribution >= 4 is 15.7 Å². The molecule has 3 rings (SSSR count). The highest BCUT2D eigenvalue weighted by Gasteiger charge is 2.31. The highest BCUT2D eigenvalue weighted by molar-refractivity contribution is 7.90. The molecule has 0 aromatic heterocycles. The Bertz CT molecular complexity index is 1130. The second kappa shape index (κ2) is 11.6. The van der Waals surface area contributed by atoms with E-state index in [0.29, 0.717) is 19.0 Å². The second-order valence-electron chi connectivity index (χ2n) is 8.96. The molecule has 182 valence electrons. The molecule has 2 aromatic rings.